The molecule has 0 aliphatic heterocycles. The molecule has 0 spiro atoms. The molecule has 0 bridgehead atoms. The first-order valence-corrected chi connectivity index (χ1v) is 7.02. The van der Waals surface area contributed by atoms with Gasteiger partial charge < -0.3 is 0 Å². The monoisotopic (exact) mass is 236 g/mol. The minimum absolute atomic E-state index is 0.596. The van der Waals surface area contributed by atoms with E-state index >= 15 is 0 Å². The van der Waals surface area contributed by atoms with E-state index < -0.39 is 0 Å². The average Bonchev–Trinajstić information content (AvgIpc) is 3.06. The van der Waals surface area contributed by atoms with E-state index in [1.165, 1.54) is 24.0 Å². The molecule has 18 heavy (non-hydrogen) atoms. The number of hydrogen-bond donors (Lipinski definition) is 0. The molecule has 0 saturated heterocycles. The minimum Gasteiger partial charge on any atom is -0.0773 e. The molecule has 2 aliphatic rings. The molecule has 0 heteroatoms. The van der Waals surface area contributed by atoms with Gasteiger partial charge in [0.2, 0.25) is 0 Å². The van der Waals surface area contributed by atoms with E-state index in [9.17, 15) is 0 Å². The normalized spacial score (nSPS) is 22.6. The number of allylic oxidation sites excluding steroid dienone is 5. The molecule has 0 fully saturated rings. The van der Waals surface area contributed by atoms with Crippen molar-refractivity contribution >= 4 is 6.08 Å². The van der Waals surface area contributed by atoms with Crippen LogP contribution in [0.15, 0.2) is 54.6 Å². The Balaban J connectivity index is 1.90. The maximum atomic E-state index is 2.41. The van der Waals surface area contributed by atoms with Crippen LogP contribution in [0.1, 0.15) is 36.8 Å². The fraction of sp³-hybridized carbons (Fsp3) is 0.333. The van der Waals surface area contributed by atoms with Crippen LogP contribution in [0.5, 0.6) is 0 Å². The van der Waals surface area contributed by atoms with Crippen molar-refractivity contribution in [2.45, 2.75) is 25.7 Å². The van der Waals surface area contributed by atoms with Gasteiger partial charge in [0.15, 0.2) is 0 Å². The number of benzene rings is 1. The summed E-state index contributed by atoms with van der Waals surface area (Å²) in [5, 5.41) is 0. The van der Waals surface area contributed by atoms with Gasteiger partial charge in [-0.25, -0.2) is 0 Å². The van der Waals surface area contributed by atoms with Crippen LogP contribution >= 0.6 is 0 Å². The summed E-state index contributed by atoms with van der Waals surface area (Å²) in [4.78, 5) is 0. The third-order valence-corrected chi connectivity index (χ3v) is 4.19. The molecule has 1 aromatic carbocycles. The zero-order chi connectivity index (χ0) is 12.4. The first kappa shape index (κ1) is 11.5. The lowest BCUT2D eigenvalue weighted by Gasteiger charge is -2.27. The van der Waals surface area contributed by atoms with Crippen molar-refractivity contribution in [3.05, 3.63) is 65.8 Å². The summed E-state index contributed by atoms with van der Waals surface area (Å²) in [5.74, 6) is 1.93. The van der Waals surface area contributed by atoms with Crippen molar-refractivity contribution in [1.29, 1.82) is 0 Å². The molecule has 0 amide bonds. The van der Waals surface area contributed by atoms with Crippen molar-refractivity contribution in [1.82, 2.24) is 0 Å². The van der Waals surface area contributed by atoms with E-state index in [0.717, 1.165) is 0 Å². The molecular weight excluding hydrogens is 216 g/mol. The molecular formula is C18H20. The van der Waals surface area contributed by atoms with Gasteiger partial charge in [-0.2, -0.15) is 0 Å². The SMILES string of the molecule is CCCC(C1C=CC=C1)C1C=Cc2ccccc21. The van der Waals surface area contributed by atoms with Crippen LogP contribution in [0.25, 0.3) is 6.08 Å². The van der Waals surface area contributed by atoms with Gasteiger partial charge in [0.1, 0.15) is 0 Å². The summed E-state index contributed by atoms with van der Waals surface area (Å²) in [6.45, 7) is 2.29. The third kappa shape index (κ3) is 1.96. The Labute approximate surface area is 110 Å². The smallest absolute Gasteiger partial charge is 0.00641 e. The molecule has 92 valence electrons. The predicted octanol–water partition coefficient (Wildman–Crippen LogP) is 4.96. The summed E-state index contributed by atoms with van der Waals surface area (Å²) in [5.41, 5.74) is 2.93. The second-order valence-corrected chi connectivity index (χ2v) is 5.31. The van der Waals surface area contributed by atoms with Crippen LogP contribution < -0.4 is 0 Å². The van der Waals surface area contributed by atoms with Crippen LogP contribution in [0.3, 0.4) is 0 Å². The highest BCUT2D eigenvalue weighted by molar-refractivity contribution is 5.62. The summed E-state index contributed by atoms with van der Waals surface area (Å²) >= 11 is 0. The van der Waals surface area contributed by atoms with Crippen LogP contribution in [0.4, 0.5) is 0 Å². The highest BCUT2D eigenvalue weighted by atomic mass is 14.3. The lowest BCUT2D eigenvalue weighted by Crippen LogP contribution is -2.17. The zero-order valence-corrected chi connectivity index (χ0v) is 10.9. The highest BCUT2D eigenvalue weighted by Gasteiger charge is 2.29. The lowest BCUT2D eigenvalue weighted by molar-refractivity contribution is 0.384. The van der Waals surface area contributed by atoms with E-state index in [0.29, 0.717) is 17.8 Å². The summed E-state index contributed by atoms with van der Waals surface area (Å²) in [7, 11) is 0. The fourth-order valence-electron chi connectivity index (χ4n) is 3.33. The number of fused-ring (bicyclic) bond motifs is 1. The average molecular weight is 236 g/mol. The van der Waals surface area contributed by atoms with Crippen molar-refractivity contribution < 1.29 is 0 Å². The van der Waals surface area contributed by atoms with E-state index in [1.54, 1.807) is 0 Å². The number of rotatable bonds is 4. The van der Waals surface area contributed by atoms with Crippen LogP contribution in [-0.2, 0) is 0 Å². The third-order valence-electron chi connectivity index (χ3n) is 4.19. The van der Waals surface area contributed by atoms with Crippen molar-refractivity contribution in [3.8, 4) is 0 Å². The first-order chi connectivity index (χ1) is 8.90. The van der Waals surface area contributed by atoms with Gasteiger partial charge in [0.05, 0.1) is 0 Å². The van der Waals surface area contributed by atoms with E-state index in [4.69, 9.17) is 0 Å². The van der Waals surface area contributed by atoms with Gasteiger partial charge in [-0.05, 0) is 29.4 Å². The minimum atomic E-state index is 0.596. The molecule has 0 saturated carbocycles. The fourth-order valence-corrected chi connectivity index (χ4v) is 3.33. The molecule has 3 rings (SSSR count). The number of hydrogen-bond acceptors (Lipinski definition) is 0. The molecule has 0 aromatic heterocycles. The van der Waals surface area contributed by atoms with Gasteiger partial charge in [-0.1, -0.05) is 74.1 Å². The summed E-state index contributed by atoms with van der Waals surface area (Å²) in [6, 6.07) is 8.83. The lowest BCUT2D eigenvalue weighted by atomic mass is 9.77. The Bertz CT molecular complexity index is 493. The van der Waals surface area contributed by atoms with Crippen LogP contribution in [0, 0.1) is 11.8 Å². The first-order valence-electron chi connectivity index (χ1n) is 7.02. The second-order valence-electron chi connectivity index (χ2n) is 5.31. The molecule has 0 radical (unpaired) electrons. The molecule has 1 aromatic rings. The van der Waals surface area contributed by atoms with E-state index in [1.807, 2.05) is 0 Å². The van der Waals surface area contributed by atoms with Gasteiger partial charge in [0.25, 0.3) is 0 Å². The Kier molecular flexibility index (Phi) is 3.19. The molecule has 2 atom stereocenters. The molecule has 0 nitrogen and oxygen atoms in total. The standard InChI is InChI=1S/C18H20/c1-2-7-16(14-8-3-4-9-14)18-13-12-15-10-5-6-11-17(15)18/h3-6,8-14,16,18H,2,7H2,1H3. The second kappa shape index (κ2) is 4.97. The Morgan fingerprint density at radius 1 is 1.06 bits per heavy atom. The molecule has 2 aliphatic carbocycles. The molecule has 0 N–H and O–H groups in total. The largest absolute Gasteiger partial charge is 0.0773 e. The van der Waals surface area contributed by atoms with E-state index in [-0.39, 0.29) is 0 Å². The van der Waals surface area contributed by atoms with Crippen LogP contribution in [0.2, 0.25) is 0 Å². The van der Waals surface area contributed by atoms with Crippen molar-refractivity contribution in [3.63, 3.8) is 0 Å². The van der Waals surface area contributed by atoms with E-state index in [2.05, 4.69) is 67.6 Å². The van der Waals surface area contributed by atoms with Gasteiger partial charge >= 0.3 is 0 Å². The molecule has 2 unspecified atom stereocenters. The maximum Gasteiger partial charge on any atom is 0.00641 e. The van der Waals surface area contributed by atoms with Crippen molar-refractivity contribution in [2.24, 2.45) is 11.8 Å². The Morgan fingerprint density at radius 2 is 1.83 bits per heavy atom. The quantitative estimate of drug-likeness (QED) is 0.693. The highest BCUT2D eigenvalue weighted by Crippen LogP contribution is 2.42. The van der Waals surface area contributed by atoms with Crippen LogP contribution in [-0.4, -0.2) is 0 Å². The Hall–Kier alpha value is -1.56. The van der Waals surface area contributed by atoms with Gasteiger partial charge in [-0.3, -0.25) is 0 Å². The van der Waals surface area contributed by atoms with Crippen molar-refractivity contribution in [2.75, 3.05) is 0 Å². The predicted molar refractivity (Wildman–Crippen MR) is 78.4 cm³/mol. The maximum absolute atomic E-state index is 2.41. The Morgan fingerprint density at radius 3 is 2.61 bits per heavy atom. The summed E-state index contributed by atoms with van der Waals surface area (Å²) in [6.07, 6.45) is 16.4. The zero-order valence-electron chi connectivity index (χ0n) is 10.9. The van der Waals surface area contributed by atoms with Gasteiger partial charge in [0, 0.05) is 5.92 Å². The topological polar surface area (TPSA) is 0 Å². The van der Waals surface area contributed by atoms with Gasteiger partial charge in [-0.15, -0.1) is 0 Å². The molecule has 0 heterocycles. The summed E-state index contributed by atoms with van der Waals surface area (Å²) < 4.78 is 0.